The number of carbonyl (C=O) groups is 1. The molecule has 4 heteroatoms. The Labute approximate surface area is 146 Å². The lowest BCUT2D eigenvalue weighted by atomic mass is 10.1. The third-order valence-corrected chi connectivity index (χ3v) is 4.52. The van der Waals surface area contributed by atoms with Crippen LogP contribution in [0.5, 0.6) is 0 Å². The second kappa shape index (κ2) is 5.98. The summed E-state index contributed by atoms with van der Waals surface area (Å²) >= 11 is 0. The van der Waals surface area contributed by atoms with E-state index in [1.54, 1.807) is 4.90 Å². The van der Waals surface area contributed by atoms with E-state index in [1.165, 1.54) is 0 Å². The molecule has 25 heavy (non-hydrogen) atoms. The fourth-order valence-corrected chi connectivity index (χ4v) is 3.14. The van der Waals surface area contributed by atoms with E-state index in [0.717, 1.165) is 39.4 Å². The number of fused-ring (bicyclic) bond motifs is 1. The molecule has 0 aromatic heterocycles. The molecule has 4 rings (SSSR count). The van der Waals surface area contributed by atoms with E-state index in [0.29, 0.717) is 6.54 Å². The molecule has 1 heterocycles. The second-order valence-electron chi connectivity index (χ2n) is 6.30. The van der Waals surface area contributed by atoms with Crippen molar-refractivity contribution in [2.75, 3.05) is 16.0 Å². The van der Waals surface area contributed by atoms with Gasteiger partial charge in [-0.2, -0.15) is 0 Å². The zero-order valence-electron chi connectivity index (χ0n) is 14.0. The smallest absolute Gasteiger partial charge is 0.258 e. The molecule has 1 aliphatic rings. The zero-order valence-corrected chi connectivity index (χ0v) is 14.0. The van der Waals surface area contributed by atoms with Crippen molar-refractivity contribution in [1.82, 2.24) is 0 Å². The Kier molecular flexibility index (Phi) is 3.65. The summed E-state index contributed by atoms with van der Waals surface area (Å²) in [6.07, 6.45) is 0. The number of benzene rings is 3. The Morgan fingerprint density at radius 2 is 1.80 bits per heavy atom. The lowest BCUT2D eigenvalue weighted by Gasteiger charge is -2.15. The van der Waals surface area contributed by atoms with Crippen molar-refractivity contribution < 1.29 is 4.79 Å². The van der Waals surface area contributed by atoms with Crippen LogP contribution < -0.4 is 16.0 Å². The predicted molar refractivity (Wildman–Crippen MR) is 102 cm³/mol. The molecule has 3 N–H and O–H groups in total. The summed E-state index contributed by atoms with van der Waals surface area (Å²) in [5.41, 5.74) is 12.4. The minimum atomic E-state index is 0.0490. The number of para-hydroxylation sites is 1. The van der Waals surface area contributed by atoms with Gasteiger partial charge in [-0.25, -0.2) is 0 Å². The maximum atomic E-state index is 12.7. The quantitative estimate of drug-likeness (QED) is 0.697. The predicted octanol–water partition coefficient (Wildman–Crippen LogP) is 4.48. The van der Waals surface area contributed by atoms with E-state index in [1.807, 2.05) is 73.7 Å². The largest absolute Gasteiger partial charge is 0.399 e. The highest BCUT2D eigenvalue weighted by molar-refractivity contribution is 6.10. The van der Waals surface area contributed by atoms with Crippen LogP contribution in [0, 0.1) is 6.92 Å². The van der Waals surface area contributed by atoms with Gasteiger partial charge in [-0.3, -0.25) is 4.79 Å². The summed E-state index contributed by atoms with van der Waals surface area (Å²) in [6, 6.07) is 21.4. The first-order valence-electron chi connectivity index (χ1n) is 8.25. The number of carbonyl (C=O) groups excluding carboxylic acids is 1. The molecule has 0 spiro atoms. The number of aryl methyl sites for hydroxylation is 1. The third-order valence-electron chi connectivity index (χ3n) is 4.52. The molecule has 0 atom stereocenters. The highest BCUT2D eigenvalue weighted by Gasteiger charge is 2.28. The molecule has 4 nitrogen and oxygen atoms in total. The average Bonchev–Trinajstić information content (AvgIpc) is 2.95. The van der Waals surface area contributed by atoms with Gasteiger partial charge in [-0.1, -0.05) is 24.3 Å². The van der Waals surface area contributed by atoms with Crippen molar-refractivity contribution >= 4 is 28.7 Å². The highest BCUT2D eigenvalue weighted by Crippen LogP contribution is 2.31. The van der Waals surface area contributed by atoms with Crippen LogP contribution in [0.2, 0.25) is 0 Å². The molecule has 124 valence electrons. The van der Waals surface area contributed by atoms with E-state index in [-0.39, 0.29) is 5.91 Å². The van der Waals surface area contributed by atoms with Gasteiger partial charge in [0.15, 0.2) is 0 Å². The van der Waals surface area contributed by atoms with Crippen LogP contribution >= 0.6 is 0 Å². The first-order valence-corrected chi connectivity index (χ1v) is 8.25. The number of hydrogen-bond acceptors (Lipinski definition) is 3. The van der Waals surface area contributed by atoms with Gasteiger partial charge >= 0.3 is 0 Å². The monoisotopic (exact) mass is 329 g/mol. The van der Waals surface area contributed by atoms with Crippen LogP contribution in [-0.2, 0) is 6.54 Å². The van der Waals surface area contributed by atoms with Crippen molar-refractivity contribution in [3.8, 4) is 0 Å². The van der Waals surface area contributed by atoms with Crippen molar-refractivity contribution in [1.29, 1.82) is 0 Å². The highest BCUT2D eigenvalue weighted by atomic mass is 16.2. The zero-order chi connectivity index (χ0) is 17.4. The molecule has 3 aromatic rings. The lowest BCUT2D eigenvalue weighted by molar-refractivity contribution is 0.0996. The molecule has 0 radical (unpaired) electrons. The molecule has 1 aliphatic heterocycles. The Hall–Kier alpha value is -3.27. The van der Waals surface area contributed by atoms with E-state index in [4.69, 9.17) is 5.73 Å². The van der Waals surface area contributed by atoms with Crippen LogP contribution in [0.4, 0.5) is 22.7 Å². The number of nitrogens with two attached hydrogens (primary N) is 1. The van der Waals surface area contributed by atoms with Gasteiger partial charge in [0.2, 0.25) is 0 Å². The van der Waals surface area contributed by atoms with Crippen LogP contribution in [0.1, 0.15) is 21.5 Å². The van der Waals surface area contributed by atoms with Gasteiger partial charge < -0.3 is 16.0 Å². The van der Waals surface area contributed by atoms with Crippen molar-refractivity contribution in [2.24, 2.45) is 0 Å². The molecule has 0 unspecified atom stereocenters. The first kappa shape index (κ1) is 15.3. The number of anilines is 4. The molecule has 0 bridgehead atoms. The van der Waals surface area contributed by atoms with E-state index < -0.39 is 0 Å². The SMILES string of the molecule is Cc1ccc(N)cc1Nc1ccc2c(c1)CN(c1ccccc1)C2=O. The molecular formula is C21H19N3O. The number of amides is 1. The van der Waals surface area contributed by atoms with Crippen molar-refractivity contribution in [3.05, 3.63) is 83.4 Å². The molecule has 1 amide bonds. The van der Waals surface area contributed by atoms with Crippen LogP contribution in [0.25, 0.3) is 0 Å². The van der Waals surface area contributed by atoms with Crippen LogP contribution in [0.15, 0.2) is 66.7 Å². The minimum Gasteiger partial charge on any atom is -0.399 e. The minimum absolute atomic E-state index is 0.0490. The molecule has 0 fully saturated rings. The Morgan fingerprint density at radius 3 is 2.60 bits per heavy atom. The van der Waals surface area contributed by atoms with Gasteiger partial charge in [-0.15, -0.1) is 0 Å². The number of hydrogen-bond donors (Lipinski definition) is 2. The topological polar surface area (TPSA) is 58.4 Å². The molecule has 0 aliphatic carbocycles. The van der Waals surface area contributed by atoms with Gasteiger partial charge in [0.05, 0.1) is 6.54 Å². The molecule has 0 saturated carbocycles. The normalized spacial score (nSPS) is 13.0. The fraction of sp³-hybridized carbons (Fsp3) is 0.0952. The Balaban J connectivity index is 1.62. The van der Waals surface area contributed by atoms with Crippen molar-refractivity contribution in [3.63, 3.8) is 0 Å². The molecular weight excluding hydrogens is 310 g/mol. The van der Waals surface area contributed by atoms with Gasteiger partial charge in [0.25, 0.3) is 5.91 Å². The van der Waals surface area contributed by atoms with E-state index in [9.17, 15) is 4.79 Å². The number of nitrogens with zero attached hydrogens (tertiary/aromatic N) is 1. The average molecular weight is 329 g/mol. The van der Waals surface area contributed by atoms with Crippen LogP contribution in [0.3, 0.4) is 0 Å². The number of rotatable bonds is 3. The molecule has 3 aromatic carbocycles. The van der Waals surface area contributed by atoms with Gasteiger partial charge in [0.1, 0.15) is 0 Å². The summed E-state index contributed by atoms with van der Waals surface area (Å²) in [5.74, 6) is 0.0490. The first-order chi connectivity index (χ1) is 12.1. The van der Waals surface area contributed by atoms with Crippen molar-refractivity contribution in [2.45, 2.75) is 13.5 Å². The summed E-state index contributed by atoms with van der Waals surface area (Å²) < 4.78 is 0. The standard InChI is InChI=1S/C21H19N3O/c1-14-7-8-16(22)12-20(14)23-17-9-10-19-15(11-17)13-24(21(19)25)18-5-3-2-4-6-18/h2-12,23H,13,22H2,1H3. The number of nitrogen functional groups attached to an aromatic ring is 1. The second-order valence-corrected chi connectivity index (χ2v) is 6.30. The third kappa shape index (κ3) is 2.83. The van der Waals surface area contributed by atoms with Gasteiger partial charge in [-0.05, 0) is 60.5 Å². The Morgan fingerprint density at radius 1 is 1.00 bits per heavy atom. The van der Waals surface area contributed by atoms with Gasteiger partial charge in [0, 0.05) is 28.3 Å². The van der Waals surface area contributed by atoms with E-state index in [2.05, 4.69) is 5.32 Å². The summed E-state index contributed by atoms with van der Waals surface area (Å²) in [5, 5.41) is 3.40. The Bertz CT molecular complexity index is 951. The van der Waals surface area contributed by atoms with Crippen LogP contribution in [-0.4, -0.2) is 5.91 Å². The van der Waals surface area contributed by atoms with E-state index >= 15 is 0 Å². The fourth-order valence-electron chi connectivity index (χ4n) is 3.14. The lowest BCUT2D eigenvalue weighted by Crippen LogP contribution is -2.22. The summed E-state index contributed by atoms with van der Waals surface area (Å²) in [7, 11) is 0. The maximum Gasteiger partial charge on any atom is 0.258 e. The summed E-state index contributed by atoms with van der Waals surface area (Å²) in [6.45, 7) is 2.62. The molecule has 0 saturated heterocycles. The maximum absolute atomic E-state index is 12.7. The number of nitrogens with one attached hydrogen (secondary N) is 1. The summed E-state index contributed by atoms with van der Waals surface area (Å²) in [4.78, 5) is 14.5.